The second-order valence-electron chi connectivity index (χ2n) is 6.29. The highest BCUT2D eigenvalue weighted by atomic mass is 16.6. The zero-order chi connectivity index (χ0) is 22.3. The van der Waals surface area contributed by atoms with Gasteiger partial charge < -0.3 is 9.47 Å². The molecule has 0 fully saturated rings. The summed E-state index contributed by atoms with van der Waals surface area (Å²) in [6, 6.07) is 12.6. The van der Waals surface area contributed by atoms with E-state index in [0.29, 0.717) is 11.4 Å². The second-order valence-corrected chi connectivity index (χ2v) is 6.29. The van der Waals surface area contributed by atoms with Crippen LogP contribution in [0.3, 0.4) is 0 Å². The lowest BCUT2D eigenvalue weighted by Gasteiger charge is -2.07. The molecule has 0 aliphatic heterocycles. The molecule has 0 radical (unpaired) electrons. The van der Waals surface area contributed by atoms with Crippen LogP contribution in [0.25, 0.3) is 11.4 Å². The largest absolute Gasteiger partial charge is 0.454 e. The number of carbonyl (C=O) groups excluding carboxylic acids is 3. The SMILES string of the molecule is O=C(COC(=O)c1ccc(-n2cnnn2)cc1)COC(=O)c1ccc(-n2cnnn2)cc1. The van der Waals surface area contributed by atoms with E-state index in [1.165, 1.54) is 46.3 Å². The van der Waals surface area contributed by atoms with Crippen LogP contribution in [0.2, 0.25) is 0 Å². The van der Waals surface area contributed by atoms with Gasteiger partial charge in [0.25, 0.3) is 0 Å². The first-order valence-electron chi connectivity index (χ1n) is 9.13. The average molecular weight is 434 g/mol. The Labute approximate surface area is 179 Å². The van der Waals surface area contributed by atoms with Crippen molar-refractivity contribution in [3.05, 3.63) is 72.3 Å². The number of ketones is 1. The zero-order valence-corrected chi connectivity index (χ0v) is 16.3. The minimum absolute atomic E-state index is 0.245. The van der Waals surface area contributed by atoms with Gasteiger partial charge >= 0.3 is 11.9 Å². The van der Waals surface area contributed by atoms with Crippen molar-refractivity contribution < 1.29 is 23.9 Å². The molecule has 13 heteroatoms. The van der Waals surface area contributed by atoms with E-state index in [1.54, 1.807) is 24.3 Å². The third kappa shape index (κ3) is 4.84. The fourth-order valence-electron chi connectivity index (χ4n) is 2.56. The molecule has 4 rings (SSSR count). The number of esters is 2. The first-order valence-corrected chi connectivity index (χ1v) is 9.13. The van der Waals surface area contributed by atoms with Gasteiger partial charge in [-0.25, -0.2) is 19.0 Å². The van der Waals surface area contributed by atoms with Crippen LogP contribution in [-0.2, 0) is 14.3 Å². The molecular weight excluding hydrogens is 420 g/mol. The summed E-state index contributed by atoms with van der Waals surface area (Å²) in [6.07, 6.45) is 2.83. The van der Waals surface area contributed by atoms with Gasteiger partial charge in [0, 0.05) is 0 Å². The second kappa shape index (κ2) is 9.34. The maximum atomic E-state index is 12.1. The maximum Gasteiger partial charge on any atom is 0.338 e. The van der Waals surface area contributed by atoms with E-state index in [0.717, 1.165) is 0 Å². The Morgan fingerprint density at radius 1 is 0.656 bits per heavy atom. The van der Waals surface area contributed by atoms with E-state index in [4.69, 9.17) is 9.47 Å². The van der Waals surface area contributed by atoms with Crippen molar-refractivity contribution in [1.29, 1.82) is 0 Å². The van der Waals surface area contributed by atoms with E-state index in [9.17, 15) is 14.4 Å². The quantitative estimate of drug-likeness (QED) is 0.349. The van der Waals surface area contributed by atoms with Gasteiger partial charge in [0.1, 0.15) is 12.7 Å². The Kier molecular flexibility index (Phi) is 5.97. The smallest absolute Gasteiger partial charge is 0.338 e. The lowest BCUT2D eigenvalue weighted by Crippen LogP contribution is -2.20. The monoisotopic (exact) mass is 434 g/mol. The fourth-order valence-corrected chi connectivity index (χ4v) is 2.56. The molecule has 2 heterocycles. The average Bonchev–Trinajstić information content (AvgIpc) is 3.56. The van der Waals surface area contributed by atoms with Gasteiger partial charge in [-0.3, -0.25) is 4.79 Å². The molecule has 0 bridgehead atoms. The lowest BCUT2D eigenvalue weighted by atomic mass is 10.2. The van der Waals surface area contributed by atoms with Crippen molar-refractivity contribution in [3.8, 4) is 11.4 Å². The van der Waals surface area contributed by atoms with E-state index in [1.807, 2.05) is 0 Å². The highest BCUT2D eigenvalue weighted by molar-refractivity contribution is 5.94. The number of tetrazole rings is 2. The van der Waals surface area contributed by atoms with Crippen LogP contribution in [0.1, 0.15) is 20.7 Å². The van der Waals surface area contributed by atoms with Gasteiger partial charge in [-0.2, -0.15) is 0 Å². The van der Waals surface area contributed by atoms with Gasteiger partial charge in [-0.05, 0) is 69.4 Å². The minimum Gasteiger partial charge on any atom is -0.454 e. The number of hydrogen-bond donors (Lipinski definition) is 0. The van der Waals surface area contributed by atoms with Gasteiger partial charge in [0.2, 0.25) is 5.78 Å². The molecule has 2 aromatic heterocycles. The van der Waals surface area contributed by atoms with Gasteiger partial charge in [-0.15, -0.1) is 10.2 Å². The highest BCUT2D eigenvalue weighted by Gasteiger charge is 2.14. The molecular formula is C19H14N8O5. The Morgan fingerprint density at radius 2 is 1.06 bits per heavy atom. The minimum atomic E-state index is -0.689. The number of aromatic nitrogens is 8. The molecule has 2 aromatic carbocycles. The summed E-state index contributed by atoms with van der Waals surface area (Å²) in [5.41, 5.74) is 1.80. The van der Waals surface area contributed by atoms with Crippen LogP contribution in [-0.4, -0.2) is 71.4 Å². The summed E-state index contributed by atoms with van der Waals surface area (Å²) in [5.74, 6) is -1.94. The molecule has 0 atom stereocenters. The van der Waals surface area contributed by atoms with Crippen LogP contribution in [0.15, 0.2) is 61.2 Å². The number of benzene rings is 2. The number of hydrogen-bond acceptors (Lipinski definition) is 11. The molecule has 32 heavy (non-hydrogen) atoms. The summed E-state index contributed by atoms with van der Waals surface area (Å²) < 4.78 is 12.8. The van der Waals surface area contributed by atoms with Crippen LogP contribution < -0.4 is 0 Å². The topological polar surface area (TPSA) is 157 Å². The first kappa shape index (κ1) is 20.5. The number of Topliss-reactive ketones (excluding diaryl/α,β-unsaturated/α-hetero) is 1. The van der Waals surface area contributed by atoms with Crippen LogP contribution >= 0.6 is 0 Å². The number of carbonyl (C=O) groups is 3. The third-order valence-electron chi connectivity index (χ3n) is 4.16. The first-order chi connectivity index (χ1) is 15.6. The van der Waals surface area contributed by atoms with E-state index >= 15 is 0 Å². The number of rotatable bonds is 8. The Balaban J connectivity index is 1.23. The third-order valence-corrected chi connectivity index (χ3v) is 4.16. The predicted octanol–water partition coefficient (Wildman–Crippen LogP) is 0.221. The number of ether oxygens (including phenoxy) is 2. The van der Waals surface area contributed by atoms with E-state index in [-0.39, 0.29) is 11.1 Å². The summed E-state index contributed by atoms with van der Waals surface area (Å²) in [4.78, 5) is 36.1. The summed E-state index contributed by atoms with van der Waals surface area (Å²) in [5, 5.41) is 21.6. The summed E-state index contributed by atoms with van der Waals surface area (Å²) in [7, 11) is 0. The predicted molar refractivity (Wildman–Crippen MR) is 104 cm³/mol. The standard InChI is InChI=1S/C19H14N8O5/c28-17(9-31-18(29)13-1-5-15(6-2-13)26-11-20-22-24-26)10-32-19(30)14-3-7-16(8-4-14)27-12-21-23-25-27/h1-8,11-12H,9-10H2. The molecule has 0 N–H and O–H groups in total. The molecule has 4 aromatic rings. The van der Waals surface area contributed by atoms with Crippen molar-refractivity contribution in [1.82, 2.24) is 40.4 Å². The molecule has 0 spiro atoms. The molecule has 0 aliphatic rings. The van der Waals surface area contributed by atoms with Crippen LogP contribution in [0.4, 0.5) is 0 Å². The highest BCUT2D eigenvalue weighted by Crippen LogP contribution is 2.10. The summed E-state index contributed by atoms with van der Waals surface area (Å²) in [6.45, 7) is -1.06. The Morgan fingerprint density at radius 3 is 1.41 bits per heavy atom. The Hall–Kier alpha value is -4.81. The van der Waals surface area contributed by atoms with Crippen molar-refractivity contribution >= 4 is 17.7 Å². The van der Waals surface area contributed by atoms with E-state index < -0.39 is 30.9 Å². The van der Waals surface area contributed by atoms with Crippen molar-refractivity contribution in [2.45, 2.75) is 0 Å². The zero-order valence-electron chi connectivity index (χ0n) is 16.3. The van der Waals surface area contributed by atoms with Crippen molar-refractivity contribution in [2.24, 2.45) is 0 Å². The molecule has 0 saturated heterocycles. The maximum absolute atomic E-state index is 12.1. The van der Waals surface area contributed by atoms with Gasteiger partial charge in [0.05, 0.1) is 22.5 Å². The summed E-state index contributed by atoms with van der Waals surface area (Å²) >= 11 is 0. The van der Waals surface area contributed by atoms with Crippen molar-refractivity contribution in [2.75, 3.05) is 13.2 Å². The molecule has 160 valence electrons. The molecule has 0 aliphatic carbocycles. The molecule has 13 nitrogen and oxygen atoms in total. The van der Waals surface area contributed by atoms with Gasteiger partial charge in [0.15, 0.2) is 13.2 Å². The molecule has 0 amide bonds. The lowest BCUT2D eigenvalue weighted by molar-refractivity contribution is -0.125. The van der Waals surface area contributed by atoms with Crippen molar-refractivity contribution in [3.63, 3.8) is 0 Å². The number of nitrogens with zero attached hydrogens (tertiary/aromatic N) is 8. The van der Waals surface area contributed by atoms with E-state index in [2.05, 4.69) is 31.1 Å². The van der Waals surface area contributed by atoms with Crippen LogP contribution in [0.5, 0.6) is 0 Å². The normalized spacial score (nSPS) is 10.5. The molecule has 0 saturated carbocycles. The molecule has 0 unspecified atom stereocenters. The van der Waals surface area contributed by atoms with Gasteiger partial charge in [-0.1, -0.05) is 0 Å². The Bertz CT molecular complexity index is 1110. The fraction of sp³-hybridized carbons (Fsp3) is 0.105. The van der Waals surface area contributed by atoms with Crippen LogP contribution in [0, 0.1) is 0 Å².